The van der Waals surface area contributed by atoms with E-state index in [2.05, 4.69) is 44.7 Å². The lowest BCUT2D eigenvalue weighted by Crippen LogP contribution is -2.32. The molecule has 0 unspecified atom stereocenters. The van der Waals surface area contributed by atoms with Gasteiger partial charge in [-0.25, -0.2) is 0 Å². The molecule has 1 rings (SSSR count). The quantitative estimate of drug-likeness (QED) is 0.596. The zero-order valence-electron chi connectivity index (χ0n) is 11.7. The van der Waals surface area contributed by atoms with Gasteiger partial charge in [0.2, 0.25) is 0 Å². The number of aryl methyl sites for hydroxylation is 1. The molecule has 17 heavy (non-hydrogen) atoms. The molecule has 0 bridgehead atoms. The highest BCUT2D eigenvalue weighted by molar-refractivity contribution is 5.61. The molecule has 0 saturated carbocycles. The summed E-state index contributed by atoms with van der Waals surface area (Å²) in [5.41, 5.74) is 9.34. The van der Waals surface area contributed by atoms with Crippen LogP contribution in [0.15, 0.2) is 18.2 Å². The van der Waals surface area contributed by atoms with Gasteiger partial charge in [0.1, 0.15) is 0 Å². The average Bonchev–Trinajstić information content (AvgIpc) is 2.28. The molecule has 1 aromatic carbocycles. The Bertz CT molecular complexity index is 345. The Hall–Kier alpha value is -1.18. The second-order valence-electron chi connectivity index (χ2n) is 5.04. The Morgan fingerprint density at radius 1 is 1.24 bits per heavy atom. The van der Waals surface area contributed by atoms with Gasteiger partial charge in [-0.3, -0.25) is 0 Å². The van der Waals surface area contributed by atoms with Crippen LogP contribution in [0.2, 0.25) is 0 Å². The van der Waals surface area contributed by atoms with Crippen LogP contribution in [0, 0.1) is 6.92 Å². The highest BCUT2D eigenvalue weighted by Crippen LogP contribution is 2.25. The highest BCUT2D eigenvalue weighted by atomic mass is 15.2. The van der Waals surface area contributed by atoms with Crippen LogP contribution in [0.5, 0.6) is 0 Å². The molecule has 0 aliphatic heterocycles. The van der Waals surface area contributed by atoms with Crippen LogP contribution in [-0.2, 0) is 0 Å². The van der Waals surface area contributed by atoms with Gasteiger partial charge in [-0.15, -0.1) is 0 Å². The van der Waals surface area contributed by atoms with Gasteiger partial charge in [-0.05, 0) is 44.9 Å². The Morgan fingerprint density at radius 2 is 1.94 bits per heavy atom. The van der Waals surface area contributed by atoms with Crippen LogP contribution in [0.4, 0.5) is 11.4 Å². The van der Waals surface area contributed by atoms with Crippen LogP contribution in [-0.4, -0.2) is 12.6 Å². The van der Waals surface area contributed by atoms with Crippen LogP contribution < -0.4 is 10.6 Å². The number of unbranched alkanes of at least 4 members (excludes halogenated alkanes) is 2. The molecule has 0 spiro atoms. The van der Waals surface area contributed by atoms with Crippen molar-refractivity contribution in [2.45, 2.75) is 53.0 Å². The smallest absolute Gasteiger partial charge is 0.0418 e. The van der Waals surface area contributed by atoms with E-state index < -0.39 is 0 Å². The fourth-order valence-electron chi connectivity index (χ4n) is 2.12. The molecule has 0 aliphatic carbocycles. The molecule has 0 saturated heterocycles. The molecule has 0 heterocycles. The minimum Gasteiger partial charge on any atom is -0.399 e. The Labute approximate surface area is 106 Å². The van der Waals surface area contributed by atoms with E-state index in [-0.39, 0.29) is 0 Å². The molecule has 1 aromatic rings. The first-order chi connectivity index (χ1) is 8.06. The first kappa shape index (κ1) is 13.9. The van der Waals surface area contributed by atoms with Crippen LogP contribution in [0.25, 0.3) is 0 Å². The van der Waals surface area contributed by atoms with Crippen LogP contribution in [0.1, 0.15) is 45.6 Å². The maximum atomic E-state index is 5.89. The molecule has 0 radical (unpaired) electrons. The molecule has 0 aromatic heterocycles. The van der Waals surface area contributed by atoms with E-state index in [0.717, 1.165) is 12.2 Å². The van der Waals surface area contributed by atoms with E-state index >= 15 is 0 Å². The minimum absolute atomic E-state index is 0.521. The lowest BCUT2D eigenvalue weighted by molar-refractivity contribution is 0.625. The average molecular weight is 234 g/mol. The van der Waals surface area contributed by atoms with Crippen molar-refractivity contribution in [2.75, 3.05) is 17.2 Å². The molecular formula is C15H26N2. The van der Waals surface area contributed by atoms with E-state index in [4.69, 9.17) is 5.73 Å². The summed E-state index contributed by atoms with van der Waals surface area (Å²) in [5.74, 6) is 0. The van der Waals surface area contributed by atoms with Gasteiger partial charge in [0, 0.05) is 24.0 Å². The predicted octanol–water partition coefficient (Wildman–Crippen LogP) is 3.98. The SMILES string of the molecule is CCCCCN(c1cc(N)ccc1C)C(C)C. The van der Waals surface area contributed by atoms with E-state index in [1.807, 2.05) is 6.07 Å². The Balaban J connectivity index is 2.85. The van der Waals surface area contributed by atoms with Crippen molar-refractivity contribution in [1.82, 2.24) is 0 Å². The van der Waals surface area contributed by atoms with Crippen molar-refractivity contribution < 1.29 is 0 Å². The summed E-state index contributed by atoms with van der Waals surface area (Å²) < 4.78 is 0. The van der Waals surface area contributed by atoms with E-state index in [1.165, 1.54) is 30.5 Å². The third-order valence-electron chi connectivity index (χ3n) is 3.17. The molecule has 0 aliphatic rings. The van der Waals surface area contributed by atoms with Gasteiger partial charge < -0.3 is 10.6 Å². The minimum atomic E-state index is 0.521. The fraction of sp³-hybridized carbons (Fsp3) is 0.600. The zero-order valence-corrected chi connectivity index (χ0v) is 11.7. The summed E-state index contributed by atoms with van der Waals surface area (Å²) >= 11 is 0. The third kappa shape index (κ3) is 3.95. The lowest BCUT2D eigenvalue weighted by Gasteiger charge is -2.30. The Kier molecular flexibility index (Phi) is 5.33. The van der Waals surface area contributed by atoms with Gasteiger partial charge in [0.25, 0.3) is 0 Å². The third-order valence-corrected chi connectivity index (χ3v) is 3.17. The predicted molar refractivity (Wildman–Crippen MR) is 77.6 cm³/mol. The molecule has 2 heteroatoms. The van der Waals surface area contributed by atoms with Crippen molar-refractivity contribution >= 4 is 11.4 Å². The summed E-state index contributed by atoms with van der Waals surface area (Å²) in [6, 6.07) is 6.71. The normalized spacial score (nSPS) is 10.9. The number of nitrogens with two attached hydrogens (primary N) is 1. The summed E-state index contributed by atoms with van der Waals surface area (Å²) in [6.45, 7) is 10.0. The monoisotopic (exact) mass is 234 g/mol. The molecule has 0 atom stereocenters. The number of nitrogen functional groups attached to an aromatic ring is 1. The van der Waals surface area contributed by atoms with Crippen molar-refractivity contribution in [3.8, 4) is 0 Å². The van der Waals surface area contributed by atoms with Crippen molar-refractivity contribution in [3.05, 3.63) is 23.8 Å². The summed E-state index contributed by atoms with van der Waals surface area (Å²) in [5, 5.41) is 0. The maximum absolute atomic E-state index is 5.89. The summed E-state index contributed by atoms with van der Waals surface area (Å²) in [4.78, 5) is 2.46. The van der Waals surface area contributed by atoms with Gasteiger partial charge in [-0.2, -0.15) is 0 Å². The zero-order chi connectivity index (χ0) is 12.8. The van der Waals surface area contributed by atoms with Crippen molar-refractivity contribution in [1.29, 1.82) is 0 Å². The molecule has 0 fully saturated rings. The number of hydrogen-bond acceptors (Lipinski definition) is 2. The number of anilines is 2. The summed E-state index contributed by atoms with van der Waals surface area (Å²) in [7, 11) is 0. The number of nitrogens with zero attached hydrogens (tertiary/aromatic N) is 1. The van der Waals surface area contributed by atoms with Crippen LogP contribution >= 0.6 is 0 Å². The van der Waals surface area contributed by atoms with Gasteiger partial charge in [-0.1, -0.05) is 25.8 Å². The standard InChI is InChI=1S/C15H26N2/c1-5-6-7-10-17(12(2)3)15-11-14(16)9-8-13(15)4/h8-9,11-12H,5-7,10,16H2,1-4H3. The first-order valence-corrected chi connectivity index (χ1v) is 6.69. The second-order valence-corrected chi connectivity index (χ2v) is 5.04. The largest absolute Gasteiger partial charge is 0.399 e. The molecule has 0 amide bonds. The van der Waals surface area contributed by atoms with Crippen molar-refractivity contribution in [2.24, 2.45) is 0 Å². The van der Waals surface area contributed by atoms with Gasteiger partial charge >= 0.3 is 0 Å². The van der Waals surface area contributed by atoms with E-state index in [1.54, 1.807) is 0 Å². The highest BCUT2D eigenvalue weighted by Gasteiger charge is 2.12. The maximum Gasteiger partial charge on any atom is 0.0418 e. The fourth-order valence-corrected chi connectivity index (χ4v) is 2.12. The first-order valence-electron chi connectivity index (χ1n) is 6.69. The van der Waals surface area contributed by atoms with E-state index in [9.17, 15) is 0 Å². The Morgan fingerprint density at radius 3 is 2.53 bits per heavy atom. The van der Waals surface area contributed by atoms with Gasteiger partial charge in [0.05, 0.1) is 0 Å². The number of hydrogen-bond donors (Lipinski definition) is 1. The number of rotatable bonds is 6. The molecule has 2 N–H and O–H groups in total. The summed E-state index contributed by atoms with van der Waals surface area (Å²) in [6.07, 6.45) is 3.81. The topological polar surface area (TPSA) is 29.3 Å². The van der Waals surface area contributed by atoms with E-state index in [0.29, 0.717) is 6.04 Å². The van der Waals surface area contributed by atoms with Crippen LogP contribution in [0.3, 0.4) is 0 Å². The number of benzene rings is 1. The second kappa shape index (κ2) is 6.53. The molecular weight excluding hydrogens is 208 g/mol. The van der Waals surface area contributed by atoms with Gasteiger partial charge in [0.15, 0.2) is 0 Å². The molecule has 96 valence electrons. The van der Waals surface area contributed by atoms with Crippen molar-refractivity contribution in [3.63, 3.8) is 0 Å². The molecule has 2 nitrogen and oxygen atoms in total. The lowest BCUT2D eigenvalue weighted by atomic mass is 10.1.